The van der Waals surface area contributed by atoms with E-state index in [4.69, 9.17) is 0 Å². The molecule has 0 unspecified atom stereocenters. The Labute approximate surface area is 112 Å². The molecule has 1 aliphatic heterocycles. The Bertz CT molecular complexity index is 590. The lowest BCUT2D eigenvalue weighted by Gasteiger charge is -2.16. The minimum atomic E-state index is -3.14. The Morgan fingerprint density at radius 1 is 1.32 bits per heavy atom. The summed E-state index contributed by atoms with van der Waals surface area (Å²) in [5, 5.41) is 0. The van der Waals surface area contributed by atoms with E-state index in [0.29, 0.717) is 18.7 Å². The van der Waals surface area contributed by atoms with Gasteiger partial charge >= 0.3 is 5.97 Å². The Balaban J connectivity index is 2.15. The standard InChI is InChI=1S/C13H15NO4S/c1-18-13(15)8-5-11-3-6-12(7-4-11)14-9-2-10-19(14,16)17/h3-8H,2,9-10H2,1H3. The first-order chi connectivity index (χ1) is 9.03. The molecule has 0 aromatic heterocycles. The van der Waals surface area contributed by atoms with Crippen molar-refractivity contribution < 1.29 is 17.9 Å². The zero-order valence-corrected chi connectivity index (χ0v) is 11.4. The van der Waals surface area contributed by atoms with Crippen molar-refractivity contribution >= 4 is 27.8 Å². The summed E-state index contributed by atoms with van der Waals surface area (Å²) >= 11 is 0. The third kappa shape index (κ3) is 3.14. The van der Waals surface area contributed by atoms with E-state index in [2.05, 4.69) is 4.74 Å². The van der Waals surface area contributed by atoms with Gasteiger partial charge in [-0.25, -0.2) is 13.2 Å². The third-order valence-electron chi connectivity index (χ3n) is 2.89. The quantitative estimate of drug-likeness (QED) is 0.621. The van der Waals surface area contributed by atoms with Crippen LogP contribution in [0.15, 0.2) is 30.3 Å². The lowest BCUT2D eigenvalue weighted by Crippen LogP contribution is -2.24. The van der Waals surface area contributed by atoms with Gasteiger partial charge in [-0.15, -0.1) is 0 Å². The van der Waals surface area contributed by atoms with E-state index >= 15 is 0 Å². The molecule has 102 valence electrons. The second kappa shape index (κ2) is 5.44. The summed E-state index contributed by atoms with van der Waals surface area (Å²) < 4.78 is 29.4. The maximum Gasteiger partial charge on any atom is 0.330 e. The van der Waals surface area contributed by atoms with E-state index in [1.807, 2.05) is 0 Å². The van der Waals surface area contributed by atoms with Crippen LogP contribution >= 0.6 is 0 Å². The number of carbonyl (C=O) groups excluding carboxylic acids is 1. The van der Waals surface area contributed by atoms with Gasteiger partial charge in [0.1, 0.15) is 0 Å². The summed E-state index contributed by atoms with van der Waals surface area (Å²) in [4.78, 5) is 10.9. The summed E-state index contributed by atoms with van der Waals surface area (Å²) in [6, 6.07) is 7.00. The summed E-state index contributed by atoms with van der Waals surface area (Å²) in [7, 11) is -1.83. The number of hydrogen-bond donors (Lipinski definition) is 0. The first-order valence-electron chi connectivity index (χ1n) is 5.89. The van der Waals surface area contributed by atoms with Crippen LogP contribution in [-0.4, -0.2) is 33.8 Å². The molecule has 0 N–H and O–H groups in total. The van der Waals surface area contributed by atoms with Crippen LogP contribution in [0.5, 0.6) is 0 Å². The zero-order valence-electron chi connectivity index (χ0n) is 10.6. The van der Waals surface area contributed by atoms with Crippen LogP contribution < -0.4 is 4.31 Å². The Kier molecular flexibility index (Phi) is 3.90. The topological polar surface area (TPSA) is 63.7 Å². The number of sulfonamides is 1. The lowest BCUT2D eigenvalue weighted by molar-refractivity contribution is -0.134. The van der Waals surface area contributed by atoms with E-state index in [1.54, 1.807) is 30.3 Å². The average Bonchev–Trinajstić information content (AvgIpc) is 2.76. The highest BCUT2D eigenvalue weighted by Gasteiger charge is 2.28. The Morgan fingerprint density at radius 2 is 2.00 bits per heavy atom. The van der Waals surface area contributed by atoms with Gasteiger partial charge in [0.15, 0.2) is 0 Å². The van der Waals surface area contributed by atoms with Crippen molar-refractivity contribution in [2.24, 2.45) is 0 Å². The highest BCUT2D eigenvalue weighted by Crippen LogP contribution is 2.24. The van der Waals surface area contributed by atoms with Crippen molar-refractivity contribution in [2.45, 2.75) is 6.42 Å². The molecule has 2 rings (SSSR count). The largest absolute Gasteiger partial charge is 0.466 e. The first kappa shape index (κ1) is 13.6. The minimum absolute atomic E-state index is 0.205. The van der Waals surface area contributed by atoms with Gasteiger partial charge in [0, 0.05) is 12.6 Å². The zero-order chi connectivity index (χ0) is 13.9. The molecule has 1 aromatic rings. The first-order valence-corrected chi connectivity index (χ1v) is 7.50. The fraction of sp³-hybridized carbons (Fsp3) is 0.308. The predicted molar refractivity (Wildman–Crippen MR) is 73.2 cm³/mol. The Hall–Kier alpha value is -1.82. The van der Waals surface area contributed by atoms with E-state index in [0.717, 1.165) is 5.56 Å². The summed E-state index contributed by atoms with van der Waals surface area (Å²) in [5.41, 5.74) is 1.47. The van der Waals surface area contributed by atoms with Crippen molar-refractivity contribution in [3.05, 3.63) is 35.9 Å². The van der Waals surface area contributed by atoms with E-state index in [1.165, 1.54) is 17.5 Å². The number of nitrogens with zero attached hydrogens (tertiary/aromatic N) is 1. The van der Waals surface area contributed by atoms with Gasteiger partial charge in [-0.1, -0.05) is 12.1 Å². The molecule has 6 heteroatoms. The van der Waals surface area contributed by atoms with Crippen LogP contribution in [-0.2, 0) is 19.6 Å². The molecular formula is C13H15NO4S. The molecule has 5 nitrogen and oxygen atoms in total. The minimum Gasteiger partial charge on any atom is -0.466 e. The second-order valence-corrected chi connectivity index (χ2v) is 6.20. The van der Waals surface area contributed by atoms with Crippen LogP contribution in [0.1, 0.15) is 12.0 Å². The molecule has 19 heavy (non-hydrogen) atoms. The number of anilines is 1. The van der Waals surface area contributed by atoms with Gasteiger partial charge in [0.25, 0.3) is 0 Å². The fourth-order valence-electron chi connectivity index (χ4n) is 1.91. The molecule has 0 saturated carbocycles. The van der Waals surface area contributed by atoms with Gasteiger partial charge in [0.2, 0.25) is 10.0 Å². The number of ether oxygens (including phenoxy) is 1. The van der Waals surface area contributed by atoms with Crippen LogP contribution in [0.4, 0.5) is 5.69 Å². The Morgan fingerprint density at radius 3 is 2.53 bits per heavy atom. The predicted octanol–water partition coefficient (Wildman–Crippen LogP) is 1.41. The molecule has 0 atom stereocenters. The molecule has 1 fully saturated rings. The number of benzene rings is 1. The molecule has 0 bridgehead atoms. The highest BCUT2D eigenvalue weighted by atomic mass is 32.2. The summed E-state index contributed by atoms with van der Waals surface area (Å²) in [6.07, 6.45) is 3.60. The SMILES string of the molecule is COC(=O)C=Cc1ccc(N2CCCS2(=O)=O)cc1. The van der Waals surface area contributed by atoms with Crippen LogP contribution in [0.2, 0.25) is 0 Å². The van der Waals surface area contributed by atoms with Crippen molar-refractivity contribution in [3.63, 3.8) is 0 Å². The van der Waals surface area contributed by atoms with Gasteiger partial charge < -0.3 is 4.74 Å². The maximum absolute atomic E-state index is 11.8. The van der Waals surface area contributed by atoms with Crippen LogP contribution in [0.3, 0.4) is 0 Å². The van der Waals surface area contributed by atoms with E-state index < -0.39 is 16.0 Å². The summed E-state index contributed by atoms with van der Waals surface area (Å²) in [6.45, 7) is 0.527. The van der Waals surface area contributed by atoms with Crippen molar-refractivity contribution in [3.8, 4) is 0 Å². The van der Waals surface area contributed by atoms with E-state index in [9.17, 15) is 13.2 Å². The smallest absolute Gasteiger partial charge is 0.330 e. The molecule has 0 amide bonds. The highest BCUT2D eigenvalue weighted by molar-refractivity contribution is 7.93. The van der Waals surface area contributed by atoms with Gasteiger partial charge in [-0.2, -0.15) is 0 Å². The molecule has 0 spiro atoms. The maximum atomic E-state index is 11.8. The third-order valence-corrected chi connectivity index (χ3v) is 4.76. The molecule has 1 heterocycles. The van der Waals surface area contributed by atoms with Crippen LogP contribution in [0.25, 0.3) is 6.08 Å². The number of esters is 1. The number of methoxy groups -OCH3 is 1. The lowest BCUT2D eigenvalue weighted by atomic mass is 10.2. The van der Waals surface area contributed by atoms with Crippen LogP contribution in [0, 0.1) is 0 Å². The molecule has 1 aliphatic rings. The van der Waals surface area contributed by atoms with Crippen molar-refractivity contribution in [2.75, 3.05) is 23.7 Å². The number of carbonyl (C=O) groups is 1. The van der Waals surface area contributed by atoms with E-state index in [-0.39, 0.29) is 5.75 Å². The normalized spacial score (nSPS) is 17.8. The second-order valence-electron chi connectivity index (χ2n) is 4.19. The van der Waals surface area contributed by atoms with Crippen molar-refractivity contribution in [1.29, 1.82) is 0 Å². The molecule has 1 saturated heterocycles. The molecule has 0 aliphatic carbocycles. The molecule has 1 aromatic carbocycles. The summed E-state index contributed by atoms with van der Waals surface area (Å²) in [5.74, 6) is -0.219. The number of hydrogen-bond acceptors (Lipinski definition) is 4. The van der Waals surface area contributed by atoms with Gasteiger partial charge in [0.05, 0.1) is 18.6 Å². The average molecular weight is 281 g/mol. The molecular weight excluding hydrogens is 266 g/mol. The van der Waals surface area contributed by atoms with Gasteiger partial charge in [-0.3, -0.25) is 4.31 Å². The molecule has 0 radical (unpaired) electrons. The number of rotatable bonds is 3. The monoisotopic (exact) mass is 281 g/mol. The van der Waals surface area contributed by atoms with Gasteiger partial charge in [-0.05, 0) is 30.2 Å². The fourth-order valence-corrected chi connectivity index (χ4v) is 3.48. The van der Waals surface area contributed by atoms with Crippen molar-refractivity contribution in [1.82, 2.24) is 0 Å².